The first-order valence-corrected chi connectivity index (χ1v) is 8.70. The fraction of sp³-hybridized carbons (Fsp3) is 0.0526. The van der Waals surface area contributed by atoms with E-state index in [0.717, 1.165) is 23.5 Å². The van der Waals surface area contributed by atoms with Crippen LogP contribution in [0.1, 0.15) is 25.6 Å². The molecule has 0 unspecified atom stereocenters. The molecular formula is C19H15F2N3O2S. The molecule has 3 aromatic rings. The summed E-state index contributed by atoms with van der Waals surface area (Å²) in [5.41, 5.74) is 7.16. The molecule has 1 heterocycles. The van der Waals surface area contributed by atoms with Crippen LogP contribution in [0.15, 0.2) is 48.5 Å². The summed E-state index contributed by atoms with van der Waals surface area (Å²) in [4.78, 5) is 25.3. The standard InChI is InChI=1S/C19H15F2N3O2S/c1-10-15(18(25)24-12-7-8-13(20)14(21)9-12)17(22)27-16(10)19(26)23-11-5-3-2-4-6-11/h2-9H,22H2,1H3,(H,23,26)(H,24,25). The average molecular weight is 387 g/mol. The maximum atomic E-state index is 13.3. The Morgan fingerprint density at radius 3 is 2.26 bits per heavy atom. The van der Waals surface area contributed by atoms with Crippen molar-refractivity contribution < 1.29 is 18.4 Å². The minimum atomic E-state index is -1.08. The van der Waals surface area contributed by atoms with Crippen molar-refractivity contribution in [2.45, 2.75) is 6.92 Å². The normalized spacial score (nSPS) is 10.5. The maximum absolute atomic E-state index is 13.3. The zero-order valence-electron chi connectivity index (χ0n) is 14.2. The van der Waals surface area contributed by atoms with Crippen LogP contribution in [0.2, 0.25) is 0 Å². The summed E-state index contributed by atoms with van der Waals surface area (Å²) in [5.74, 6) is -3.09. The lowest BCUT2D eigenvalue weighted by Gasteiger charge is -2.07. The minimum absolute atomic E-state index is 0.0826. The molecule has 0 fully saturated rings. The van der Waals surface area contributed by atoms with E-state index in [0.29, 0.717) is 16.1 Å². The monoisotopic (exact) mass is 387 g/mol. The van der Waals surface area contributed by atoms with E-state index in [4.69, 9.17) is 5.73 Å². The van der Waals surface area contributed by atoms with Gasteiger partial charge in [0.25, 0.3) is 11.8 Å². The van der Waals surface area contributed by atoms with Crippen LogP contribution >= 0.6 is 11.3 Å². The largest absolute Gasteiger partial charge is 0.390 e. The number of amides is 2. The van der Waals surface area contributed by atoms with E-state index < -0.39 is 17.5 Å². The van der Waals surface area contributed by atoms with Gasteiger partial charge >= 0.3 is 0 Å². The Kier molecular flexibility index (Phi) is 5.18. The van der Waals surface area contributed by atoms with Gasteiger partial charge in [-0.3, -0.25) is 9.59 Å². The number of nitrogen functional groups attached to an aromatic ring is 1. The molecule has 2 amide bonds. The highest BCUT2D eigenvalue weighted by Gasteiger charge is 2.23. The van der Waals surface area contributed by atoms with E-state index in [1.807, 2.05) is 6.07 Å². The summed E-state index contributed by atoms with van der Waals surface area (Å²) in [6, 6.07) is 11.9. The molecule has 0 aliphatic heterocycles. The number of carbonyl (C=O) groups is 2. The maximum Gasteiger partial charge on any atom is 0.266 e. The van der Waals surface area contributed by atoms with Gasteiger partial charge < -0.3 is 16.4 Å². The Morgan fingerprint density at radius 1 is 0.926 bits per heavy atom. The van der Waals surface area contributed by atoms with Gasteiger partial charge in [0.1, 0.15) is 0 Å². The van der Waals surface area contributed by atoms with E-state index >= 15 is 0 Å². The van der Waals surface area contributed by atoms with Crippen molar-refractivity contribution in [2.24, 2.45) is 0 Å². The van der Waals surface area contributed by atoms with Crippen molar-refractivity contribution in [1.82, 2.24) is 0 Å². The molecule has 8 heteroatoms. The molecule has 0 saturated carbocycles. The van der Waals surface area contributed by atoms with E-state index in [1.165, 1.54) is 6.07 Å². The molecule has 3 rings (SSSR count). The van der Waals surface area contributed by atoms with E-state index in [1.54, 1.807) is 31.2 Å². The third kappa shape index (κ3) is 3.95. The van der Waals surface area contributed by atoms with Crippen LogP contribution in [0.4, 0.5) is 25.2 Å². The smallest absolute Gasteiger partial charge is 0.266 e. The Labute approximate surface area is 157 Å². The van der Waals surface area contributed by atoms with Gasteiger partial charge in [-0.2, -0.15) is 0 Å². The van der Waals surface area contributed by atoms with Gasteiger partial charge in [0.2, 0.25) is 0 Å². The Bertz CT molecular complexity index is 1020. The molecule has 0 spiro atoms. The van der Waals surface area contributed by atoms with Crippen molar-refractivity contribution in [1.29, 1.82) is 0 Å². The number of benzene rings is 2. The number of hydrogen-bond donors (Lipinski definition) is 3. The van der Waals surface area contributed by atoms with Gasteiger partial charge in [-0.25, -0.2) is 8.78 Å². The lowest BCUT2D eigenvalue weighted by atomic mass is 10.1. The zero-order valence-corrected chi connectivity index (χ0v) is 15.0. The number of halogens is 2. The predicted octanol–water partition coefficient (Wildman–Crippen LogP) is 4.42. The minimum Gasteiger partial charge on any atom is -0.390 e. The van der Waals surface area contributed by atoms with Crippen molar-refractivity contribution in [3.8, 4) is 0 Å². The molecule has 0 aliphatic carbocycles. The lowest BCUT2D eigenvalue weighted by Crippen LogP contribution is -2.16. The third-order valence-corrected chi connectivity index (χ3v) is 4.94. The van der Waals surface area contributed by atoms with Crippen LogP contribution in [0.25, 0.3) is 0 Å². The second-order valence-corrected chi connectivity index (χ2v) is 6.75. The van der Waals surface area contributed by atoms with Gasteiger partial charge in [-0.05, 0) is 36.8 Å². The molecule has 0 aliphatic rings. The number of nitrogens with one attached hydrogen (secondary N) is 2. The van der Waals surface area contributed by atoms with Crippen LogP contribution in [-0.2, 0) is 0 Å². The Balaban J connectivity index is 1.83. The number of carbonyl (C=O) groups excluding carboxylic acids is 2. The highest BCUT2D eigenvalue weighted by atomic mass is 32.1. The van der Waals surface area contributed by atoms with Gasteiger partial charge in [-0.15, -0.1) is 11.3 Å². The van der Waals surface area contributed by atoms with Crippen LogP contribution in [0.3, 0.4) is 0 Å². The van der Waals surface area contributed by atoms with Crippen molar-refractivity contribution >= 4 is 39.5 Å². The predicted molar refractivity (Wildman–Crippen MR) is 102 cm³/mol. The van der Waals surface area contributed by atoms with Crippen LogP contribution < -0.4 is 16.4 Å². The molecule has 1 aromatic heterocycles. The van der Waals surface area contributed by atoms with Gasteiger partial charge in [0.15, 0.2) is 11.6 Å². The third-order valence-electron chi connectivity index (χ3n) is 3.82. The first-order valence-electron chi connectivity index (χ1n) is 7.88. The Morgan fingerprint density at radius 2 is 1.59 bits per heavy atom. The zero-order chi connectivity index (χ0) is 19.6. The van der Waals surface area contributed by atoms with E-state index in [2.05, 4.69) is 10.6 Å². The van der Waals surface area contributed by atoms with Crippen LogP contribution in [0, 0.1) is 18.6 Å². The second kappa shape index (κ2) is 7.55. The van der Waals surface area contributed by atoms with E-state index in [9.17, 15) is 18.4 Å². The topological polar surface area (TPSA) is 84.2 Å². The second-order valence-electron chi connectivity index (χ2n) is 5.70. The van der Waals surface area contributed by atoms with Gasteiger partial charge in [0.05, 0.1) is 15.4 Å². The number of rotatable bonds is 4. The molecule has 2 aromatic carbocycles. The van der Waals surface area contributed by atoms with Crippen LogP contribution in [-0.4, -0.2) is 11.8 Å². The van der Waals surface area contributed by atoms with Crippen LogP contribution in [0.5, 0.6) is 0 Å². The summed E-state index contributed by atoms with van der Waals surface area (Å²) in [5, 5.41) is 5.35. The molecule has 5 nitrogen and oxygen atoms in total. The van der Waals surface area contributed by atoms with E-state index in [-0.39, 0.29) is 22.2 Å². The molecule has 0 radical (unpaired) electrons. The molecule has 0 atom stereocenters. The first-order chi connectivity index (χ1) is 12.9. The molecule has 138 valence electrons. The molecular weight excluding hydrogens is 372 g/mol. The average Bonchev–Trinajstić information content (AvgIpc) is 2.93. The summed E-state index contributed by atoms with van der Waals surface area (Å²) in [6.45, 7) is 1.60. The number of thiophene rings is 1. The molecule has 0 bridgehead atoms. The number of anilines is 3. The summed E-state index contributed by atoms with van der Waals surface area (Å²) < 4.78 is 26.3. The first kappa shape index (κ1) is 18.5. The lowest BCUT2D eigenvalue weighted by molar-refractivity contribution is 0.102. The fourth-order valence-corrected chi connectivity index (χ4v) is 3.48. The van der Waals surface area contributed by atoms with Crippen molar-refractivity contribution in [3.05, 3.63) is 76.2 Å². The van der Waals surface area contributed by atoms with Gasteiger partial charge in [-0.1, -0.05) is 18.2 Å². The molecule has 4 N–H and O–H groups in total. The number of hydrogen-bond acceptors (Lipinski definition) is 4. The molecule has 0 saturated heterocycles. The number of para-hydroxylation sites is 1. The van der Waals surface area contributed by atoms with Crippen molar-refractivity contribution in [2.75, 3.05) is 16.4 Å². The SMILES string of the molecule is Cc1c(C(=O)Nc2ccccc2)sc(N)c1C(=O)Nc1ccc(F)c(F)c1. The Hall–Kier alpha value is -3.26. The quantitative estimate of drug-likeness (QED) is 0.620. The summed E-state index contributed by atoms with van der Waals surface area (Å²) in [7, 11) is 0. The highest BCUT2D eigenvalue weighted by molar-refractivity contribution is 7.18. The number of nitrogens with two attached hydrogens (primary N) is 1. The summed E-state index contributed by atoms with van der Waals surface area (Å²) >= 11 is 0.984. The highest BCUT2D eigenvalue weighted by Crippen LogP contribution is 2.32. The van der Waals surface area contributed by atoms with Gasteiger partial charge in [0, 0.05) is 17.4 Å². The fourth-order valence-electron chi connectivity index (χ4n) is 2.51. The molecule has 27 heavy (non-hydrogen) atoms. The van der Waals surface area contributed by atoms with Crippen molar-refractivity contribution in [3.63, 3.8) is 0 Å². The summed E-state index contributed by atoms with van der Waals surface area (Å²) in [6.07, 6.45) is 0.